The van der Waals surface area contributed by atoms with Crippen LogP contribution in [-0.4, -0.2) is 15.8 Å². The fraction of sp³-hybridized carbons (Fsp3) is 0.600. The fourth-order valence-corrected chi connectivity index (χ4v) is 0.996. The van der Waals surface area contributed by atoms with Gasteiger partial charge in [0.05, 0.1) is 12.1 Å². The van der Waals surface area contributed by atoms with E-state index in [0.717, 1.165) is 0 Å². The van der Waals surface area contributed by atoms with Crippen molar-refractivity contribution in [1.29, 1.82) is 0 Å². The van der Waals surface area contributed by atoms with Crippen LogP contribution in [0, 0.1) is 0 Å². The zero-order valence-corrected chi connectivity index (χ0v) is 9.54. The van der Waals surface area contributed by atoms with Gasteiger partial charge in [-0.3, -0.25) is 0 Å². The monoisotopic (exact) mass is 214 g/mol. The molecule has 0 aliphatic carbocycles. The van der Waals surface area contributed by atoms with Crippen molar-refractivity contribution in [3.63, 3.8) is 0 Å². The summed E-state index contributed by atoms with van der Waals surface area (Å²) in [6.45, 7) is 8.74. The molecule has 0 aliphatic rings. The molecule has 1 aromatic rings. The molecule has 86 valence electrons. The van der Waals surface area contributed by atoms with Crippen molar-refractivity contribution in [2.24, 2.45) is 0 Å². The van der Waals surface area contributed by atoms with E-state index in [4.69, 9.17) is 15.0 Å². The van der Waals surface area contributed by atoms with Crippen LogP contribution in [0.1, 0.15) is 39.8 Å². The zero-order chi connectivity index (χ0) is 12.0. The minimum atomic E-state index is -2.08. The Labute approximate surface area is 89.6 Å². The van der Waals surface area contributed by atoms with E-state index in [0.29, 0.717) is 12.1 Å². The van der Waals surface area contributed by atoms with Crippen LogP contribution in [-0.2, 0) is 0 Å². The Hall–Kier alpha value is -1.52. The number of carbonyl (C=O) groups is 1. The third-order valence-corrected chi connectivity index (χ3v) is 1.87. The Balaban J connectivity index is 0.000000423. The summed E-state index contributed by atoms with van der Waals surface area (Å²) >= 11 is 0. The lowest BCUT2D eigenvalue weighted by molar-refractivity contribution is -0.715. The van der Waals surface area contributed by atoms with Gasteiger partial charge in [-0.05, 0) is 27.7 Å². The number of aromatic nitrogens is 2. The van der Waals surface area contributed by atoms with Gasteiger partial charge in [0.2, 0.25) is 12.5 Å². The molecule has 0 saturated carbocycles. The number of rotatable bonds is 2. The van der Waals surface area contributed by atoms with Crippen LogP contribution >= 0.6 is 0 Å². The van der Waals surface area contributed by atoms with Crippen LogP contribution in [0.5, 0.6) is 0 Å². The van der Waals surface area contributed by atoms with Gasteiger partial charge in [-0.1, -0.05) is 0 Å². The summed E-state index contributed by atoms with van der Waals surface area (Å²) in [6.07, 6.45) is 4.30. The number of hydrogen-bond acceptors (Lipinski definition) is 2. The highest BCUT2D eigenvalue weighted by Gasteiger charge is 2.08. The Bertz CT molecular complexity index is 279. The van der Waals surface area contributed by atoms with Crippen LogP contribution in [0.4, 0.5) is 4.79 Å². The Morgan fingerprint density at radius 1 is 1.40 bits per heavy atom. The van der Waals surface area contributed by atoms with Gasteiger partial charge in [0.15, 0.2) is 0 Å². The van der Waals surface area contributed by atoms with Gasteiger partial charge in [0.25, 0.3) is 0 Å². The van der Waals surface area contributed by atoms with Crippen molar-refractivity contribution in [2.45, 2.75) is 39.8 Å². The molecule has 0 unspecified atom stereocenters. The van der Waals surface area contributed by atoms with E-state index in [2.05, 4.69) is 55.6 Å². The molecule has 1 aromatic heterocycles. The second-order valence-corrected chi connectivity index (χ2v) is 3.76. The van der Waals surface area contributed by atoms with E-state index in [1.54, 1.807) is 0 Å². The lowest BCUT2D eigenvalue weighted by Crippen LogP contribution is -2.33. The molecule has 1 N–H and O–H groups in total. The van der Waals surface area contributed by atoms with E-state index in [9.17, 15) is 0 Å². The van der Waals surface area contributed by atoms with Crippen LogP contribution in [0.15, 0.2) is 18.7 Å². The van der Waals surface area contributed by atoms with Gasteiger partial charge in [0.1, 0.15) is 12.4 Å². The third kappa shape index (κ3) is 5.72. The molecule has 5 heteroatoms. The van der Waals surface area contributed by atoms with Gasteiger partial charge in [-0.15, -0.1) is 0 Å². The summed E-state index contributed by atoms with van der Waals surface area (Å²) in [5.41, 5.74) is 0. The second-order valence-electron chi connectivity index (χ2n) is 3.76. The van der Waals surface area contributed by atoms with Crippen molar-refractivity contribution in [2.75, 3.05) is 0 Å². The standard InChI is InChI=1S/C9H17N2.CH2O3/c1-8(2)10-5-6-11(7-10)9(3)4;2-1(3)4/h5-9H,1-4H3;(H2,2,3,4)/q+1;/p-1. The van der Waals surface area contributed by atoms with Crippen molar-refractivity contribution in [1.82, 2.24) is 4.57 Å². The molecule has 0 bridgehead atoms. The van der Waals surface area contributed by atoms with E-state index >= 15 is 0 Å². The molecule has 0 fully saturated rings. The lowest BCUT2D eigenvalue weighted by Gasteiger charge is -1.99. The number of carboxylic acid groups (broad SMARTS) is 2. The fourth-order valence-electron chi connectivity index (χ4n) is 0.996. The van der Waals surface area contributed by atoms with Gasteiger partial charge in [0, 0.05) is 0 Å². The smallest absolute Gasteiger partial charge is 0.249 e. The van der Waals surface area contributed by atoms with E-state index < -0.39 is 6.16 Å². The summed E-state index contributed by atoms with van der Waals surface area (Å²) in [5.74, 6) is 0. The minimum Gasteiger partial charge on any atom is -0.565 e. The molecule has 1 rings (SSSR count). The molecule has 0 amide bonds. The van der Waals surface area contributed by atoms with Crippen LogP contribution < -0.4 is 9.67 Å². The predicted octanol–water partition coefficient (Wildman–Crippen LogP) is 0.825. The first-order valence-corrected chi connectivity index (χ1v) is 4.82. The average molecular weight is 214 g/mol. The zero-order valence-electron chi connectivity index (χ0n) is 9.54. The van der Waals surface area contributed by atoms with Crippen LogP contribution in [0.2, 0.25) is 0 Å². The first kappa shape index (κ1) is 13.5. The first-order valence-electron chi connectivity index (χ1n) is 4.82. The molecular formula is C10H18N2O3. The molecule has 5 nitrogen and oxygen atoms in total. The highest BCUT2D eigenvalue weighted by molar-refractivity contribution is 5.50. The van der Waals surface area contributed by atoms with Gasteiger partial charge in [-0.25, -0.2) is 9.13 Å². The summed E-state index contributed by atoms with van der Waals surface area (Å²) in [4.78, 5) is 8.44. The van der Waals surface area contributed by atoms with Crippen LogP contribution in [0.25, 0.3) is 0 Å². The number of hydrogen-bond donors (Lipinski definition) is 1. The highest BCUT2D eigenvalue weighted by Crippen LogP contribution is 2.01. The first-order chi connectivity index (χ1) is 6.84. The molecule has 0 spiro atoms. The summed E-state index contributed by atoms with van der Waals surface area (Å²) in [5, 5.41) is 15.3. The lowest BCUT2D eigenvalue weighted by atomic mass is 10.4. The van der Waals surface area contributed by atoms with Gasteiger partial charge in [-0.2, -0.15) is 0 Å². The normalized spacial score (nSPS) is 10.0. The van der Waals surface area contributed by atoms with Gasteiger partial charge < -0.3 is 15.0 Å². The van der Waals surface area contributed by atoms with E-state index in [1.807, 2.05) is 0 Å². The summed E-state index contributed by atoms with van der Waals surface area (Å²) in [6, 6.07) is 1.13. The SMILES string of the molecule is CC(C)n1cc[n+](C(C)C)c1.O=C([O-])O. The maximum atomic E-state index is 8.44. The molecule has 0 saturated heterocycles. The number of imidazole rings is 1. The Morgan fingerprint density at radius 3 is 2.07 bits per heavy atom. The molecule has 15 heavy (non-hydrogen) atoms. The average Bonchev–Trinajstić information content (AvgIpc) is 2.49. The highest BCUT2D eigenvalue weighted by atomic mass is 16.6. The maximum absolute atomic E-state index is 8.44. The van der Waals surface area contributed by atoms with Gasteiger partial charge >= 0.3 is 0 Å². The molecule has 1 heterocycles. The molecule has 0 radical (unpaired) electrons. The maximum Gasteiger partial charge on any atom is 0.249 e. The molecule has 0 atom stereocenters. The molecule has 0 aromatic carbocycles. The van der Waals surface area contributed by atoms with Crippen LogP contribution in [0.3, 0.4) is 0 Å². The van der Waals surface area contributed by atoms with E-state index in [1.165, 1.54) is 0 Å². The van der Waals surface area contributed by atoms with Crippen molar-refractivity contribution >= 4 is 6.16 Å². The second kappa shape index (κ2) is 6.06. The molecule has 0 aliphatic heterocycles. The van der Waals surface area contributed by atoms with Crippen molar-refractivity contribution in [3.05, 3.63) is 18.7 Å². The van der Waals surface area contributed by atoms with Crippen molar-refractivity contribution < 1.29 is 19.6 Å². The third-order valence-electron chi connectivity index (χ3n) is 1.87. The summed E-state index contributed by atoms with van der Waals surface area (Å²) in [7, 11) is 0. The largest absolute Gasteiger partial charge is 0.565 e. The number of nitrogens with zero attached hydrogens (tertiary/aromatic N) is 2. The summed E-state index contributed by atoms with van der Waals surface area (Å²) < 4.78 is 4.42. The minimum absolute atomic E-state index is 0.565. The Morgan fingerprint density at radius 2 is 1.87 bits per heavy atom. The molecular weight excluding hydrogens is 196 g/mol. The van der Waals surface area contributed by atoms with E-state index in [-0.39, 0.29) is 0 Å². The van der Waals surface area contributed by atoms with Crippen molar-refractivity contribution in [3.8, 4) is 0 Å². The topological polar surface area (TPSA) is 69.2 Å². The Kier molecular flexibility index (Phi) is 5.44. The predicted molar refractivity (Wildman–Crippen MR) is 53.4 cm³/mol. The quantitative estimate of drug-likeness (QED) is 0.741.